The highest BCUT2D eigenvalue weighted by Gasteiger charge is 2.13. The Balaban J connectivity index is 2.28. The average Bonchev–Trinajstić information content (AvgIpc) is 2.53. The first-order valence-electron chi connectivity index (χ1n) is 4.28. The molecule has 1 aromatic carbocycles. The third-order valence-electron chi connectivity index (χ3n) is 2.17. The molecular weight excluding hydrogens is 172 g/mol. The zero-order valence-electron chi connectivity index (χ0n) is 7.13. The van der Waals surface area contributed by atoms with E-state index in [9.17, 15) is 8.78 Å². The third kappa shape index (κ3) is 1.79. The maximum Gasteiger partial charge on any atom is 0.128 e. The first-order chi connectivity index (χ1) is 6.25. The summed E-state index contributed by atoms with van der Waals surface area (Å²) >= 11 is 0. The highest BCUT2D eigenvalue weighted by atomic mass is 19.1. The van der Waals surface area contributed by atoms with E-state index >= 15 is 0 Å². The largest absolute Gasteiger partial charge is 0.371 e. The van der Waals surface area contributed by atoms with Crippen LogP contribution < -0.4 is 4.90 Å². The smallest absolute Gasteiger partial charge is 0.128 e. The Labute approximate surface area is 76.0 Å². The van der Waals surface area contributed by atoms with E-state index in [1.165, 1.54) is 12.1 Å². The standard InChI is InChI=1S/C10H10F2N/c11-8-5-9(12)7-10(6-8)13-3-1-2-4-13/h1,5-7H,2-4H2. The lowest BCUT2D eigenvalue weighted by molar-refractivity contribution is 0.582. The number of nitrogens with zero attached hydrogens (tertiary/aromatic N) is 1. The summed E-state index contributed by atoms with van der Waals surface area (Å²) in [6, 6.07) is 3.62. The quantitative estimate of drug-likeness (QED) is 0.644. The second-order valence-electron chi connectivity index (χ2n) is 3.15. The van der Waals surface area contributed by atoms with E-state index in [-0.39, 0.29) is 0 Å². The molecule has 1 aliphatic rings. The summed E-state index contributed by atoms with van der Waals surface area (Å²) in [5.41, 5.74) is 0.631. The first-order valence-corrected chi connectivity index (χ1v) is 4.28. The van der Waals surface area contributed by atoms with Crippen LogP contribution in [0, 0.1) is 18.1 Å². The van der Waals surface area contributed by atoms with Gasteiger partial charge >= 0.3 is 0 Å². The van der Waals surface area contributed by atoms with E-state index in [2.05, 4.69) is 6.42 Å². The molecule has 3 heteroatoms. The molecule has 0 unspecified atom stereocenters. The number of hydrogen-bond acceptors (Lipinski definition) is 1. The fraction of sp³-hybridized carbons (Fsp3) is 0.300. The van der Waals surface area contributed by atoms with Gasteiger partial charge in [0.05, 0.1) is 0 Å². The number of anilines is 1. The molecule has 69 valence electrons. The van der Waals surface area contributed by atoms with Gasteiger partial charge in [0.2, 0.25) is 0 Å². The fourth-order valence-electron chi connectivity index (χ4n) is 1.54. The SMILES string of the molecule is Fc1cc(F)cc(N2C[CH]CC2)c1. The number of hydrogen-bond donors (Lipinski definition) is 0. The van der Waals surface area contributed by atoms with E-state index in [4.69, 9.17) is 0 Å². The summed E-state index contributed by atoms with van der Waals surface area (Å²) in [6.45, 7) is 1.63. The molecule has 0 amide bonds. The Hall–Kier alpha value is -1.12. The van der Waals surface area contributed by atoms with Crippen molar-refractivity contribution >= 4 is 5.69 Å². The van der Waals surface area contributed by atoms with Gasteiger partial charge in [-0.1, -0.05) is 0 Å². The molecule has 0 spiro atoms. The molecule has 0 aromatic heterocycles. The van der Waals surface area contributed by atoms with Crippen molar-refractivity contribution in [3.8, 4) is 0 Å². The molecule has 0 N–H and O–H groups in total. The Bertz CT molecular complexity index is 286. The van der Waals surface area contributed by atoms with Crippen LogP contribution in [0.5, 0.6) is 0 Å². The molecule has 2 rings (SSSR count). The Morgan fingerprint density at radius 1 is 1.08 bits per heavy atom. The molecule has 1 aliphatic heterocycles. The first kappa shape index (κ1) is 8.48. The van der Waals surface area contributed by atoms with Gasteiger partial charge in [-0.3, -0.25) is 0 Å². The van der Waals surface area contributed by atoms with Gasteiger partial charge < -0.3 is 4.90 Å². The van der Waals surface area contributed by atoms with Gasteiger partial charge in [-0.15, -0.1) is 0 Å². The van der Waals surface area contributed by atoms with E-state index < -0.39 is 11.6 Å². The van der Waals surface area contributed by atoms with Gasteiger partial charge in [0.25, 0.3) is 0 Å². The van der Waals surface area contributed by atoms with Gasteiger partial charge in [-0.25, -0.2) is 8.78 Å². The minimum absolute atomic E-state index is 0.512. The zero-order valence-corrected chi connectivity index (χ0v) is 7.13. The molecule has 0 bridgehead atoms. The normalized spacial score (nSPS) is 16.6. The van der Waals surface area contributed by atoms with Gasteiger partial charge in [0, 0.05) is 24.8 Å². The molecule has 1 fully saturated rings. The number of halogens is 2. The molecule has 0 saturated carbocycles. The van der Waals surface area contributed by atoms with Crippen LogP contribution in [0.15, 0.2) is 18.2 Å². The van der Waals surface area contributed by atoms with E-state index in [1.807, 2.05) is 4.90 Å². The average molecular weight is 182 g/mol. The maximum absolute atomic E-state index is 12.8. The monoisotopic (exact) mass is 182 g/mol. The van der Waals surface area contributed by atoms with Crippen LogP contribution in [0.4, 0.5) is 14.5 Å². The highest BCUT2D eigenvalue weighted by molar-refractivity contribution is 5.48. The van der Waals surface area contributed by atoms with Gasteiger partial charge in [-0.2, -0.15) is 0 Å². The van der Waals surface area contributed by atoms with Crippen molar-refractivity contribution in [1.29, 1.82) is 0 Å². The molecule has 1 nitrogen and oxygen atoms in total. The van der Waals surface area contributed by atoms with Gasteiger partial charge in [0.15, 0.2) is 0 Å². The summed E-state index contributed by atoms with van der Waals surface area (Å²) in [5.74, 6) is -1.02. The van der Waals surface area contributed by atoms with Crippen molar-refractivity contribution in [2.24, 2.45) is 0 Å². The lowest BCUT2D eigenvalue weighted by atomic mass is 10.3. The summed E-state index contributed by atoms with van der Waals surface area (Å²) in [4.78, 5) is 1.95. The predicted molar refractivity (Wildman–Crippen MR) is 47.5 cm³/mol. The molecule has 13 heavy (non-hydrogen) atoms. The van der Waals surface area contributed by atoms with Gasteiger partial charge in [0.1, 0.15) is 11.6 Å². The lowest BCUT2D eigenvalue weighted by Crippen LogP contribution is -2.17. The number of rotatable bonds is 1. The molecule has 1 radical (unpaired) electrons. The summed E-state index contributed by atoms with van der Waals surface area (Å²) < 4.78 is 25.6. The van der Waals surface area contributed by atoms with Crippen LogP contribution in [0.25, 0.3) is 0 Å². The second kappa shape index (κ2) is 3.32. The van der Waals surface area contributed by atoms with Crippen molar-refractivity contribution in [2.75, 3.05) is 18.0 Å². The van der Waals surface area contributed by atoms with Crippen molar-refractivity contribution < 1.29 is 8.78 Å². The van der Waals surface area contributed by atoms with Crippen LogP contribution >= 0.6 is 0 Å². The van der Waals surface area contributed by atoms with Gasteiger partial charge in [-0.05, 0) is 25.0 Å². The Morgan fingerprint density at radius 2 is 1.77 bits per heavy atom. The molecule has 0 aliphatic carbocycles. The maximum atomic E-state index is 12.8. The second-order valence-corrected chi connectivity index (χ2v) is 3.15. The highest BCUT2D eigenvalue weighted by Crippen LogP contribution is 2.21. The minimum Gasteiger partial charge on any atom is -0.371 e. The fourth-order valence-corrected chi connectivity index (χ4v) is 1.54. The zero-order chi connectivity index (χ0) is 9.26. The van der Waals surface area contributed by atoms with Crippen molar-refractivity contribution in [2.45, 2.75) is 6.42 Å². The summed E-state index contributed by atoms with van der Waals surface area (Å²) in [6.07, 6.45) is 3.08. The molecule has 0 atom stereocenters. The van der Waals surface area contributed by atoms with Crippen LogP contribution in [-0.2, 0) is 0 Å². The minimum atomic E-state index is -0.512. The summed E-state index contributed by atoms with van der Waals surface area (Å²) in [7, 11) is 0. The van der Waals surface area contributed by atoms with Crippen molar-refractivity contribution in [3.05, 3.63) is 36.3 Å². The van der Waals surface area contributed by atoms with E-state index in [0.29, 0.717) is 5.69 Å². The lowest BCUT2D eigenvalue weighted by Gasteiger charge is -2.17. The van der Waals surface area contributed by atoms with Crippen LogP contribution in [0.1, 0.15) is 6.42 Å². The van der Waals surface area contributed by atoms with Crippen LogP contribution in [0.3, 0.4) is 0 Å². The molecular formula is C10H10F2N. The molecule has 1 aromatic rings. The molecule has 1 heterocycles. The third-order valence-corrected chi connectivity index (χ3v) is 2.17. The molecule has 1 saturated heterocycles. The predicted octanol–water partition coefficient (Wildman–Crippen LogP) is 2.38. The van der Waals surface area contributed by atoms with E-state index in [1.54, 1.807) is 0 Å². The Morgan fingerprint density at radius 3 is 2.31 bits per heavy atom. The van der Waals surface area contributed by atoms with Crippen molar-refractivity contribution in [1.82, 2.24) is 0 Å². The van der Waals surface area contributed by atoms with Crippen LogP contribution in [-0.4, -0.2) is 13.1 Å². The Kier molecular flexibility index (Phi) is 2.17. The topological polar surface area (TPSA) is 3.24 Å². The van der Waals surface area contributed by atoms with E-state index in [0.717, 1.165) is 25.6 Å². The van der Waals surface area contributed by atoms with Crippen LogP contribution in [0.2, 0.25) is 0 Å². The summed E-state index contributed by atoms with van der Waals surface area (Å²) in [5, 5.41) is 0. The van der Waals surface area contributed by atoms with Crippen molar-refractivity contribution in [3.63, 3.8) is 0 Å². The number of benzene rings is 1.